The Morgan fingerprint density at radius 1 is 1.27 bits per heavy atom. The lowest BCUT2D eigenvalue weighted by Crippen LogP contribution is -2.50. The average Bonchev–Trinajstić information content (AvgIpc) is 2.67. The molecule has 0 radical (unpaired) electrons. The van der Waals surface area contributed by atoms with Crippen molar-refractivity contribution in [3.05, 3.63) is 35.4 Å². The number of hydrogen-bond donors (Lipinski definition) is 0. The van der Waals surface area contributed by atoms with Gasteiger partial charge in [0, 0.05) is 38.6 Å². The van der Waals surface area contributed by atoms with E-state index in [1.807, 2.05) is 6.92 Å². The highest BCUT2D eigenvalue weighted by Gasteiger charge is 2.44. The molecular formula is C22H33NO3. The largest absolute Gasteiger partial charge is 0.381 e. The predicted molar refractivity (Wildman–Crippen MR) is 103 cm³/mol. The summed E-state index contributed by atoms with van der Waals surface area (Å²) in [6, 6.07) is 8.36. The molecule has 0 aliphatic carbocycles. The van der Waals surface area contributed by atoms with Gasteiger partial charge in [0.25, 0.3) is 0 Å². The van der Waals surface area contributed by atoms with Gasteiger partial charge < -0.3 is 14.4 Å². The number of benzene rings is 1. The van der Waals surface area contributed by atoms with Gasteiger partial charge in [0.05, 0.1) is 13.2 Å². The molecule has 2 heterocycles. The summed E-state index contributed by atoms with van der Waals surface area (Å²) in [5.74, 6) is 0.775. The standard InChI is InChI=1S/C22H33NO3/c1-3-25-16-20-17-26-15-12-22(20)10-13-23(14-11-22)21(24)9-8-19-7-5-4-6-18(19)2/h4-7,20H,3,8-17H2,1-2H3/t20-/m1/s1. The third kappa shape index (κ3) is 4.47. The Bertz CT molecular complexity index is 593. The molecule has 1 aromatic carbocycles. The first-order chi connectivity index (χ1) is 12.6. The minimum Gasteiger partial charge on any atom is -0.381 e. The number of aryl methyl sites for hydroxylation is 2. The van der Waals surface area contributed by atoms with E-state index >= 15 is 0 Å². The summed E-state index contributed by atoms with van der Waals surface area (Å²) in [4.78, 5) is 14.8. The fourth-order valence-corrected chi connectivity index (χ4v) is 4.52. The molecule has 1 amide bonds. The minimum absolute atomic E-state index is 0.302. The lowest BCUT2D eigenvalue weighted by atomic mass is 9.66. The van der Waals surface area contributed by atoms with E-state index in [0.717, 1.165) is 65.2 Å². The van der Waals surface area contributed by atoms with E-state index in [9.17, 15) is 4.79 Å². The Balaban J connectivity index is 1.52. The highest BCUT2D eigenvalue weighted by molar-refractivity contribution is 5.76. The molecular weight excluding hydrogens is 326 g/mol. The molecule has 4 heteroatoms. The van der Waals surface area contributed by atoms with E-state index in [-0.39, 0.29) is 0 Å². The number of hydrogen-bond acceptors (Lipinski definition) is 3. The van der Waals surface area contributed by atoms with Crippen molar-refractivity contribution >= 4 is 5.91 Å². The van der Waals surface area contributed by atoms with Crippen molar-refractivity contribution in [1.29, 1.82) is 0 Å². The molecule has 2 aliphatic heterocycles. The van der Waals surface area contributed by atoms with Crippen LogP contribution in [0.1, 0.15) is 43.7 Å². The van der Waals surface area contributed by atoms with Crippen molar-refractivity contribution in [2.75, 3.05) is 39.5 Å². The van der Waals surface area contributed by atoms with Crippen LogP contribution >= 0.6 is 0 Å². The maximum atomic E-state index is 12.7. The third-order valence-electron chi connectivity index (χ3n) is 6.43. The van der Waals surface area contributed by atoms with E-state index in [4.69, 9.17) is 9.47 Å². The first kappa shape index (κ1) is 19.4. The zero-order valence-corrected chi connectivity index (χ0v) is 16.3. The molecule has 0 saturated carbocycles. The Labute approximate surface area is 157 Å². The van der Waals surface area contributed by atoms with Gasteiger partial charge in [-0.2, -0.15) is 0 Å². The number of carbonyl (C=O) groups excluding carboxylic acids is 1. The molecule has 0 unspecified atom stereocenters. The van der Waals surface area contributed by atoms with Crippen molar-refractivity contribution in [3.8, 4) is 0 Å². The lowest BCUT2D eigenvalue weighted by Gasteiger charge is -2.49. The number of carbonyl (C=O) groups is 1. The monoisotopic (exact) mass is 359 g/mol. The quantitative estimate of drug-likeness (QED) is 0.779. The van der Waals surface area contributed by atoms with Gasteiger partial charge in [-0.15, -0.1) is 0 Å². The summed E-state index contributed by atoms with van der Waals surface area (Å²) < 4.78 is 11.4. The summed E-state index contributed by atoms with van der Waals surface area (Å²) in [5, 5.41) is 0. The van der Waals surface area contributed by atoms with Crippen molar-refractivity contribution in [3.63, 3.8) is 0 Å². The summed E-state index contributed by atoms with van der Waals surface area (Å²) in [5.41, 5.74) is 2.87. The van der Waals surface area contributed by atoms with E-state index in [1.165, 1.54) is 11.1 Å². The van der Waals surface area contributed by atoms with Crippen molar-refractivity contribution in [2.24, 2.45) is 11.3 Å². The van der Waals surface area contributed by atoms with Crippen molar-refractivity contribution in [2.45, 2.75) is 46.0 Å². The number of amides is 1. The van der Waals surface area contributed by atoms with Crippen LogP contribution in [0.2, 0.25) is 0 Å². The zero-order chi connectivity index (χ0) is 18.4. The number of rotatable bonds is 6. The molecule has 4 nitrogen and oxygen atoms in total. The Hall–Kier alpha value is -1.39. The SMILES string of the molecule is CCOC[C@@H]1COCCC12CCN(C(=O)CCc1ccccc1C)CC2. The van der Waals surface area contributed by atoms with Crippen LogP contribution in [0.15, 0.2) is 24.3 Å². The van der Waals surface area contributed by atoms with Gasteiger partial charge in [-0.3, -0.25) is 4.79 Å². The van der Waals surface area contributed by atoms with Gasteiger partial charge in [-0.25, -0.2) is 0 Å². The van der Waals surface area contributed by atoms with E-state index in [1.54, 1.807) is 0 Å². The summed E-state index contributed by atoms with van der Waals surface area (Å²) in [6.45, 7) is 9.14. The number of piperidine rings is 1. The molecule has 1 aromatic rings. The van der Waals surface area contributed by atoms with E-state index in [2.05, 4.69) is 36.1 Å². The average molecular weight is 360 g/mol. The Morgan fingerprint density at radius 2 is 2.04 bits per heavy atom. The molecule has 3 rings (SSSR count). The van der Waals surface area contributed by atoms with E-state index < -0.39 is 0 Å². The van der Waals surface area contributed by atoms with Gasteiger partial charge in [0.1, 0.15) is 0 Å². The molecule has 1 spiro atoms. The molecule has 2 fully saturated rings. The van der Waals surface area contributed by atoms with E-state index in [0.29, 0.717) is 23.7 Å². The zero-order valence-electron chi connectivity index (χ0n) is 16.3. The topological polar surface area (TPSA) is 38.8 Å². The van der Waals surface area contributed by atoms with Crippen LogP contribution in [0.3, 0.4) is 0 Å². The first-order valence-corrected chi connectivity index (χ1v) is 10.1. The molecule has 0 N–H and O–H groups in total. The maximum absolute atomic E-state index is 12.7. The number of likely N-dealkylation sites (tertiary alicyclic amines) is 1. The van der Waals surface area contributed by atoms with Crippen LogP contribution in [-0.2, 0) is 20.7 Å². The van der Waals surface area contributed by atoms with Crippen LogP contribution in [-0.4, -0.2) is 50.3 Å². The summed E-state index contributed by atoms with van der Waals surface area (Å²) in [6.07, 6.45) is 4.74. The molecule has 2 aliphatic rings. The highest BCUT2D eigenvalue weighted by atomic mass is 16.5. The van der Waals surface area contributed by atoms with Crippen molar-refractivity contribution < 1.29 is 14.3 Å². The normalized spacial score (nSPS) is 22.5. The summed E-state index contributed by atoms with van der Waals surface area (Å²) in [7, 11) is 0. The Morgan fingerprint density at radius 3 is 2.77 bits per heavy atom. The Kier molecular flexibility index (Phi) is 6.71. The van der Waals surface area contributed by atoms with Crippen LogP contribution < -0.4 is 0 Å². The highest BCUT2D eigenvalue weighted by Crippen LogP contribution is 2.44. The second kappa shape index (κ2) is 9.01. The second-order valence-corrected chi connectivity index (χ2v) is 7.85. The van der Waals surface area contributed by atoms with Crippen LogP contribution in [0, 0.1) is 18.3 Å². The predicted octanol–water partition coefficient (Wildman–Crippen LogP) is 3.61. The molecule has 1 atom stereocenters. The number of nitrogens with zero attached hydrogens (tertiary/aromatic N) is 1. The number of ether oxygens (including phenoxy) is 2. The van der Waals surface area contributed by atoms with Crippen molar-refractivity contribution in [1.82, 2.24) is 4.90 Å². The fraction of sp³-hybridized carbons (Fsp3) is 0.682. The molecule has 144 valence electrons. The molecule has 26 heavy (non-hydrogen) atoms. The molecule has 0 aromatic heterocycles. The lowest BCUT2D eigenvalue weighted by molar-refractivity contribution is -0.138. The first-order valence-electron chi connectivity index (χ1n) is 10.1. The van der Waals surface area contributed by atoms with Crippen LogP contribution in [0.25, 0.3) is 0 Å². The van der Waals surface area contributed by atoms with Gasteiger partial charge in [0.2, 0.25) is 5.91 Å². The smallest absolute Gasteiger partial charge is 0.222 e. The van der Waals surface area contributed by atoms with Gasteiger partial charge in [-0.05, 0) is 56.1 Å². The molecule has 2 saturated heterocycles. The minimum atomic E-state index is 0.302. The van der Waals surface area contributed by atoms with Gasteiger partial charge >= 0.3 is 0 Å². The second-order valence-electron chi connectivity index (χ2n) is 7.85. The van der Waals surface area contributed by atoms with Gasteiger partial charge in [-0.1, -0.05) is 24.3 Å². The van der Waals surface area contributed by atoms with Crippen LogP contribution in [0.4, 0.5) is 0 Å². The van der Waals surface area contributed by atoms with Crippen LogP contribution in [0.5, 0.6) is 0 Å². The fourth-order valence-electron chi connectivity index (χ4n) is 4.52. The third-order valence-corrected chi connectivity index (χ3v) is 6.43. The summed E-state index contributed by atoms with van der Waals surface area (Å²) >= 11 is 0. The maximum Gasteiger partial charge on any atom is 0.222 e. The molecule has 0 bridgehead atoms. The van der Waals surface area contributed by atoms with Gasteiger partial charge in [0.15, 0.2) is 0 Å².